The Morgan fingerprint density at radius 3 is 2.62 bits per heavy atom. The van der Waals surface area contributed by atoms with Crippen molar-refractivity contribution in [1.82, 2.24) is 4.90 Å². The molecule has 2 aliphatic rings. The average molecular weight is 441 g/mol. The highest BCUT2D eigenvalue weighted by Crippen LogP contribution is 2.45. The Morgan fingerprint density at radius 2 is 1.97 bits per heavy atom. The van der Waals surface area contributed by atoms with Gasteiger partial charge < -0.3 is 29.9 Å². The number of aliphatic hydroxyl groups is 2. The van der Waals surface area contributed by atoms with Crippen molar-refractivity contribution in [1.29, 1.82) is 0 Å². The topological polar surface area (TPSA) is 91.3 Å². The van der Waals surface area contributed by atoms with Gasteiger partial charge in [0.05, 0.1) is 19.3 Å². The lowest BCUT2D eigenvalue weighted by molar-refractivity contribution is -0.115. The van der Waals surface area contributed by atoms with Crippen LogP contribution in [0.1, 0.15) is 55.9 Å². The van der Waals surface area contributed by atoms with Crippen LogP contribution in [0.2, 0.25) is 0 Å². The van der Waals surface area contributed by atoms with Crippen LogP contribution in [0, 0.1) is 0 Å². The highest BCUT2D eigenvalue weighted by Gasteiger charge is 2.43. The fraction of sp³-hybridized carbons (Fsp3) is 0.480. The van der Waals surface area contributed by atoms with Crippen molar-refractivity contribution in [2.75, 3.05) is 32.1 Å². The van der Waals surface area contributed by atoms with E-state index < -0.39 is 12.2 Å². The number of fused-ring (bicyclic) bond motifs is 1. The van der Waals surface area contributed by atoms with Gasteiger partial charge in [-0.2, -0.15) is 0 Å². The molecule has 3 N–H and O–H groups in total. The van der Waals surface area contributed by atoms with Crippen LogP contribution in [0.4, 0.5) is 5.69 Å². The van der Waals surface area contributed by atoms with Crippen molar-refractivity contribution >= 4 is 11.6 Å². The first-order valence-corrected chi connectivity index (χ1v) is 11.3. The first kappa shape index (κ1) is 22.6. The first-order chi connectivity index (χ1) is 15.4. The molecule has 7 nitrogen and oxygen atoms in total. The molecule has 0 aromatic heterocycles. The minimum Gasteiger partial charge on any atom is -0.497 e. The number of rotatable bonds is 6. The van der Waals surface area contributed by atoms with Gasteiger partial charge in [-0.1, -0.05) is 19.1 Å². The third kappa shape index (κ3) is 4.90. The molecule has 2 aromatic rings. The molecule has 0 bridgehead atoms. The molecule has 1 spiro atoms. The monoisotopic (exact) mass is 440 g/mol. The number of ether oxygens (including phenoxy) is 2. The number of nitrogens with zero attached hydrogens (tertiary/aromatic N) is 1. The average Bonchev–Trinajstić information content (AvgIpc) is 2.81. The lowest BCUT2D eigenvalue weighted by atomic mass is 9.81. The maximum atomic E-state index is 11.5. The molecule has 2 aromatic carbocycles. The second-order valence-electron chi connectivity index (χ2n) is 8.75. The van der Waals surface area contributed by atoms with Crippen LogP contribution >= 0.6 is 0 Å². The fourth-order valence-electron chi connectivity index (χ4n) is 4.58. The molecule has 2 aliphatic heterocycles. The van der Waals surface area contributed by atoms with Gasteiger partial charge in [-0.15, -0.1) is 0 Å². The molecule has 7 heteroatoms. The molecule has 0 saturated carbocycles. The van der Waals surface area contributed by atoms with E-state index in [1.807, 2.05) is 49.4 Å². The third-order valence-electron chi connectivity index (χ3n) is 6.57. The van der Waals surface area contributed by atoms with Gasteiger partial charge in [0.15, 0.2) is 0 Å². The van der Waals surface area contributed by atoms with Crippen molar-refractivity contribution in [3.05, 3.63) is 53.6 Å². The van der Waals surface area contributed by atoms with E-state index >= 15 is 0 Å². The second-order valence-corrected chi connectivity index (χ2v) is 8.75. The van der Waals surface area contributed by atoms with Gasteiger partial charge in [0.2, 0.25) is 5.91 Å². The van der Waals surface area contributed by atoms with Crippen molar-refractivity contribution in [3.8, 4) is 11.5 Å². The molecule has 4 rings (SSSR count). The summed E-state index contributed by atoms with van der Waals surface area (Å²) >= 11 is 0. The number of piperidine rings is 1. The number of carbonyl (C=O) groups excluding carboxylic acids is 1. The first-order valence-electron chi connectivity index (χ1n) is 11.3. The summed E-state index contributed by atoms with van der Waals surface area (Å²) in [6.45, 7) is 3.93. The quantitative estimate of drug-likeness (QED) is 0.638. The summed E-state index contributed by atoms with van der Waals surface area (Å²) in [5.74, 6) is 1.41. The molecule has 1 amide bonds. The van der Waals surface area contributed by atoms with Crippen LogP contribution in [-0.4, -0.2) is 53.4 Å². The highest BCUT2D eigenvalue weighted by molar-refractivity contribution is 5.90. The SMILES string of the molecule is CCC(=O)Nc1ccc([C@@H](O)CN2CCC3(CC2)C[C@H](O)c2cc(OC)ccc2O3)cc1. The van der Waals surface area contributed by atoms with E-state index in [2.05, 4.69) is 10.2 Å². The minimum atomic E-state index is -0.606. The van der Waals surface area contributed by atoms with Crippen molar-refractivity contribution in [3.63, 3.8) is 0 Å². The smallest absolute Gasteiger partial charge is 0.224 e. The zero-order chi connectivity index (χ0) is 22.7. The molecule has 172 valence electrons. The van der Waals surface area contributed by atoms with Gasteiger partial charge in [0.1, 0.15) is 17.1 Å². The number of hydrogen-bond acceptors (Lipinski definition) is 6. The summed E-state index contributed by atoms with van der Waals surface area (Å²) in [5, 5.41) is 24.3. The molecule has 0 radical (unpaired) electrons. The number of aliphatic hydroxyl groups excluding tert-OH is 2. The lowest BCUT2D eigenvalue weighted by Crippen LogP contribution is -2.51. The fourth-order valence-corrected chi connectivity index (χ4v) is 4.58. The van der Waals surface area contributed by atoms with E-state index in [1.54, 1.807) is 7.11 Å². The van der Waals surface area contributed by atoms with Gasteiger partial charge in [-0.05, 0) is 48.7 Å². The number of carbonyl (C=O) groups is 1. The summed E-state index contributed by atoms with van der Waals surface area (Å²) in [6, 6.07) is 12.9. The van der Waals surface area contributed by atoms with E-state index in [4.69, 9.17) is 9.47 Å². The number of β-amino-alcohol motifs (C(OH)–C–C–N with tert-alkyl or cyclic N) is 1. The molecule has 1 saturated heterocycles. The van der Waals surface area contributed by atoms with Crippen LogP contribution in [0.25, 0.3) is 0 Å². The van der Waals surface area contributed by atoms with Crippen LogP contribution in [-0.2, 0) is 4.79 Å². The molecular weight excluding hydrogens is 408 g/mol. The Labute approximate surface area is 189 Å². The number of amides is 1. The Kier molecular flexibility index (Phi) is 6.69. The molecule has 2 atom stereocenters. The molecular formula is C25H32N2O5. The minimum absolute atomic E-state index is 0.0302. The summed E-state index contributed by atoms with van der Waals surface area (Å²) in [5.41, 5.74) is 1.97. The van der Waals surface area contributed by atoms with Crippen LogP contribution in [0.3, 0.4) is 0 Å². The van der Waals surface area contributed by atoms with E-state index in [-0.39, 0.29) is 11.5 Å². The van der Waals surface area contributed by atoms with E-state index in [1.165, 1.54) is 0 Å². The highest BCUT2D eigenvalue weighted by atomic mass is 16.5. The summed E-state index contributed by atoms with van der Waals surface area (Å²) < 4.78 is 11.6. The zero-order valence-corrected chi connectivity index (χ0v) is 18.7. The number of likely N-dealkylation sites (tertiary alicyclic amines) is 1. The Bertz CT molecular complexity index is 938. The third-order valence-corrected chi connectivity index (χ3v) is 6.57. The second kappa shape index (κ2) is 9.48. The van der Waals surface area contributed by atoms with Crippen molar-refractivity contribution < 1.29 is 24.5 Å². The Hall–Kier alpha value is -2.61. The van der Waals surface area contributed by atoms with Crippen molar-refractivity contribution in [2.45, 2.75) is 50.4 Å². The van der Waals surface area contributed by atoms with Crippen LogP contribution in [0.5, 0.6) is 11.5 Å². The number of anilines is 1. The maximum Gasteiger partial charge on any atom is 0.224 e. The van der Waals surface area contributed by atoms with Crippen LogP contribution < -0.4 is 14.8 Å². The predicted molar refractivity (Wildman–Crippen MR) is 122 cm³/mol. The van der Waals surface area contributed by atoms with Gasteiger partial charge in [0, 0.05) is 43.7 Å². The van der Waals surface area contributed by atoms with Crippen molar-refractivity contribution in [2.24, 2.45) is 0 Å². The molecule has 0 aliphatic carbocycles. The van der Waals surface area contributed by atoms with E-state index in [9.17, 15) is 15.0 Å². The predicted octanol–water partition coefficient (Wildman–Crippen LogP) is 3.43. The zero-order valence-electron chi connectivity index (χ0n) is 18.7. The lowest BCUT2D eigenvalue weighted by Gasteiger charge is -2.46. The van der Waals surface area contributed by atoms with Gasteiger partial charge >= 0.3 is 0 Å². The van der Waals surface area contributed by atoms with E-state index in [0.29, 0.717) is 25.1 Å². The summed E-state index contributed by atoms with van der Waals surface area (Å²) in [4.78, 5) is 13.7. The van der Waals surface area contributed by atoms with E-state index in [0.717, 1.165) is 48.5 Å². The largest absolute Gasteiger partial charge is 0.497 e. The number of nitrogens with one attached hydrogen (secondary N) is 1. The Balaban J connectivity index is 1.33. The standard InChI is InChI=1S/C25H32N2O5/c1-3-24(30)26-18-6-4-17(5-7-18)22(29)16-27-12-10-25(11-13-27)15-21(28)20-14-19(31-2)8-9-23(20)32-25/h4-9,14,21-22,28-29H,3,10-13,15-16H2,1-2H3,(H,26,30)/t21-,22-/m0/s1. The normalized spacial score (nSPS) is 20.8. The van der Waals surface area contributed by atoms with Gasteiger partial charge in [-0.25, -0.2) is 0 Å². The Morgan fingerprint density at radius 1 is 1.25 bits per heavy atom. The summed E-state index contributed by atoms with van der Waals surface area (Å²) in [6.07, 6.45) is 1.41. The molecule has 32 heavy (non-hydrogen) atoms. The number of methoxy groups -OCH3 is 1. The van der Waals surface area contributed by atoms with Gasteiger partial charge in [-0.3, -0.25) is 4.79 Å². The maximum absolute atomic E-state index is 11.5. The number of hydrogen-bond donors (Lipinski definition) is 3. The molecule has 2 heterocycles. The summed E-state index contributed by atoms with van der Waals surface area (Å²) in [7, 11) is 1.61. The molecule has 0 unspecified atom stereocenters. The number of benzene rings is 2. The van der Waals surface area contributed by atoms with Crippen LogP contribution in [0.15, 0.2) is 42.5 Å². The molecule has 1 fully saturated rings. The van der Waals surface area contributed by atoms with Gasteiger partial charge in [0.25, 0.3) is 0 Å².